The van der Waals surface area contributed by atoms with Gasteiger partial charge in [-0.2, -0.15) is 0 Å². The molecule has 0 aromatic heterocycles. The Morgan fingerprint density at radius 1 is 1.44 bits per heavy atom. The number of benzene rings is 1. The lowest BCUT2D eigenvalue weighted by Gasteiger charge is -2.15. The minimum Gasteiger partial charge on any atom is -0.381 e. The molecule has 2 rings (SSSR count). The molecule has 16 heavy (non-hydrogen) atoms. The maximum atomic E-state index is 5.85. The predicted molar refractivity (Wildman–Crippen MR) is 66.6 cm³/mol. The van der Waals surface area contributed by atoms with Gasteiger partial charge in [0.25, 0.3) is 0 Å². The van der Waals surface area contributed by atoms with Gasteiger partial charge in [0.15, 0.2) is 0 Å². The zero-order chi connectivity index (χ0) is 11.6. The van der Waals surface area contributed by atoms with Crippen LogP contribution in [0.4, 0.5) is 0 Å². The third kappa shape index (κ3) is 2.28. The highest BCUT2D eigenvalue weighted by Gasteiger charge is 2.42. The van der Waals surface area contributed by atoms with Crippen LogP contribution in [-0.2, 0) is 16.6 Å². The van der Waals surface area contributed by atoms with Crippen molar-refractivity contribution in [3.8, 4) is 0 Å². The van der Waals surface area contributed by atoms with Crippen molar-refractivity contribution in [1.29, 1.82) is 0 Å². The molecule has 88 valence electrons. The lowest BCUT2D eigenvalue weighted by atomic mass is 9.93. The minimum atomic E-state index is 0.281. The highest BCUT2D eigenvalue weighted by atomic mass is 16.5. The first-order valence-corrected chi connectivity index (χ1v) is 6.02. The van der Waals surface area contributed by atoms with Gasteiger partial charge in [-0.05, 0) is 37.3 Å². The van der Waals surface area contributed by atoms with Crippen molar-refractivity contribution >= 4 is 0 Å². The van der Waals surface area contributed by atoms with Gasteiger partial charge in [0.1, 0.15) is 0 Å². The van der Waals surface area contributed by atoms with Gasteiger partial charge in [-0.1, -0.05) is 24.3 Å². The number of ether oxygens (including phenoxy) is 1. The molecule has 2 N–H and O–H groups in total. The molecule has 1 unspecified atom stereocenters. The number of hydrogen-bond donors (Lipinski definition) is 1. The first-order chi connectivity index (χ1) is 7.70. The van der Waals surface area contributed by atoms with Crippen LogP contribution in [0.3, 0.4) is 0 Å². The molecule has 0 saturated heterocycles. The van der Waals surface area contributed by atoms with Crippen LogP contribution in [-0.4, -0.2) is 19.8 Å². The standard InChI is InChI=1S/C14H21NO/c1-11(16-2)8-12-4-3-5-13(9-12)14(10-15)6-7-14/h3-5,9,11H,6-8,10,15H2,1-2H3. The van der Waals surface area contributed by atoms with Crippen molar-refractivity contribution in [1.82, 2.24) is 0 Å². The quantitative estimate of drug-likeness (QED) is 0.824. The molecular formula is C14H21NO. The average Bonchev–Trinajstić information content (AvgIpc) is 3.10. The van der Waals surface area contributed by atoms with Gasteiger partial charge in [0.05, 0.1) is 6.10 Å². The maximum absolute atomic E-state index is 5.85. The first-order valence-electron chi connectivity index (χ1n) is 6.02. The summed E-state index contributed by atoms with van der Waals surface area (Å²) in [7, 11) is 1.76. The second kappa shape index (κ2) is 4.56. The Morgan fingerprint density at radius 3 is 2.75 bits per heavy atom. The zero-order valence-electron chi connectivity index (χ0n) is 10.2. The fourth-order valence-electron chi connectivity index (χ4n) is 2.20. The molecule has 1 atom stereocenters. The maximum Gasteiger partial charge on any atom is 0.0583 e. The first kappa shape index (κ1) is 11.6. The Balaban J connectivity index is 2.14. The summed E-state index contributed by atoms with van der Waals surface area (Å²) in [5, 5.41) is 0. The third-order valence-electron chi connectivity index (χ3n) is 3.71. The van der Waals surface area contributed by atoms with E-state index in [9.17, 15) is 0 Å². The topological polar surface area (TPSA) is 35.2 Å². The van der Waals surface area contributed by atoms with Gasteiger partial charge >= 0.3 is 0 Å². The minimum absolute atomic E-state index is 0.281. The van der Waals surface area contributed by atoms with Crippen molar-refractivity contribution in [3.63, 3.8) is 0 Å². The van der Waals surface area contributed by atoms with Crippen LogP contribution >= 0.6 is 0 Å². The molecule has 0 amide bonds. The van der Waals surface area contributed by atoms with E-state index < -0.39 is 0 Å². The van der Waals surface area contributed by atoms with E-state index in [1.165, 1.54) is 24.0 Å². The summed E-state index contributed by atoms with van der Waals surface area (Å²) in [6, 6.07) is 8.82. The molecule has 1 aliphatic carbocycles. The molecule has 2 heteroatoms. The van der Waals surface area contributed by atoms with E-state index in [4.69, 9.17) is 10.5 Å². The highest BCUT2D eigenvalue weighted by molar-refractivity contribution is 5.35. The highest BCUT2D eigenvalue weighted by Crippen LogP contribution is 2.47. The Morgan fingerprint density at radius 2 is 2.19 bits per heavy atom. The fraction of sp³-hybridized carbons (Fsp3) is 0.571. The van der Waals surface area contributed by atoms with E-state index in [2.05, 4.69) is 31.2 Å². The smallest absolute Gasteiger partial charge is 0.0583 e. The van der Waals surface area contributed by atoms with E-state index >= 15 is 0 Å². The Labute approximate surface area is 97.8 Å². The van der Waals surface area contributed by atoms with E-state index in [-0.39, 0.29) is 6.10 Å². The lowest BCUT2D eigenvalue weighted by Crippen LogP contribution is -2.20. The van der Waals surface area contributed by atoms with Gasteiger partial charge in [-0.25, -0.2) is 0 Å². The summed E-state index contributed by atoms with van der Waals surface area (Å²) < 4.78 is 5.30. The summed E-state index contributed by atoms with van der Waals surface area (Å²) in [5.74, 6) is 0. The summed E-state index contributed by atoms with van der Waals surface area (Å²) in [4.78, 5) is 0. The molecule has 1 aromatic rings. The summed E-state index contributed by atoms with van der Waals surface area (Å²) in [6.07, 6.45) is 3.74. The molecular weight excluding hydrogens is 198 g/mol. The molecule has 1 fully saturated rings. The predicted octanol–water partition coefficient (Wildman–Crippen LogP) is 2.25. The van der Waals surface area contributed by atoms with Crippen LogP contribution in [0.1, 0.15) is 30.9 Å². The number of rotatable bonds is 5. The monoisotopic (exact) mass is 219 g/mol. The van der Waals surface area contributed by atoms with Gasteiger partial charge in [0.2, 0.25) is 0 Å². The van der Waals surface area contributed by atoms with Crippen molar-refractivity contribution in [2.45, 2.75) is 37.7 Å². The van der Waals surface area contributed by atoms with Crippen molar-refractivity contribution in [2.75, 3.05) is 13.7 Å². The summed E-state index contributed by atoms with van der Waals surface area (Å²) >= 11 is 0. The van der Waals surface area contributed by atoms with E-state index in [1.807, 2.05) is 0 Å². The van der Waals surface area contributed by atoms with E-state index in [0.717, 1.165) is 13.0 Å². The molecule has 0 radical (unpaired) electrons. The molecule has 0 bridgehead atoms. The molecule has 1 aromatic carbocycles. The zero-order valence-corrected chi connectivity index (χ0v) is 10.2. The molecule has 1 aliphatic rings. The SMILES string of the molecule is COC(C)Cc1cccc(C2(CN)CC2)c1. The van der Waals surface area contributed by atoms with Crippen molar-refractivity contribution in [2.24, 2.45) is 5.73 Å². The van der Waals surface area contributed by atoms with Gasteiger partial charge < -0.3 is 10.5 Å². The second-order valence-corrected chi connectivity index (χ2v) is 4.94. The Hall–Kier alpha value is -0.860. The summed E-state index contributed by atoms with van der Waals surface area (Å²) in [5.41, 5.74) is 8.92. The van der Waals surface area contributed by atoms with Crippen LogP contribution in [0.2, 0.25) is 0 Å². The van der Waals surface area contributed by atoms with Crippen molar-refractivity contribution < 1.29 is 4.74 Å². The normalized spacial score (nSPS) is 19.4. The molecule has 1 saturated carbocycles. The molecule has 0 aliphatic heterocycles. The van der Waals surface area contributed by atoms with Gasteiger partial charge in [-0.15, -0.1) is 0 Å². The van der Waals surface area contributed by atoms with Crippen LogP contribution in [0, 0.1) is 0 Å². The van der Waals surface area contributed by atoms with Crippen LogP contribution in [0.15, 0.2) is 24.3 Å². The number of hydrogen-bond acceptors (Lipinski definition) is 2. The Kier molecular flexibility index (Phi) is 3.31. The third-order valence-corrected chi connectivity index (χ3v) is 3.71. The average molecular weight is 219 g/mol. The van der Waals surface area contributed by atoms with Gasteiger partial charge in [-0.3, -0.25) is 0 Å². The summed E-state index contributed by atoms with van der Waals surface area (Å²) in [6.45, 7) is 2.87. The fourth-order valence-corrected chi connectivity index (χ4v) is 2.20. The molecule has 0 heterocycles. The second-order valence-electron chi connectivity index (χ2n) is 4.94. The van der Waals surface area contributed by atoms with Crippen LogP contribution in [0.5, 0.6) is 0 Å². The lowest BCUT2D eigenvalue weighted by molar-refractivity contribution is 0.119. The Bertz CT molecular complexity index is 358. The van der Waals surface area contributed by atoms with Gasteiger partial charge in [0, 0.05) is 19.1 Å². The van der Waals surface area contributed by atoms with E-state index in [1.54, 1.807) is 7.11 Å². The van der Waals surface area contributed by atoms with Crippen LogP contribution < -0.4 is 5.73 Å². The van der Waals surface area contributed by atoms with Crippen LogP contribution in [0.25, 0.3) is 0 Å². The van der Waals surface area contributed by atoms with E-state index in [0.29, 0.717) is 5.41 Å². The van der Waals surface area contributed by atoms with Crippen molar-refractivity contribution in [3.05, 3.63) is 35.4 Å². The number of methoxy groups -OCH3 is 1. The molecule has 2 nitrogen and oxygen atoms in total. The molecule has 0 spiro atoms. The largest absolute Gasteiger partial charge is 0.381 e. The number of nitrogens with two attached hydrogens (primary N) is 1.